The van der Waals surface area contributed by atoms with E-state index >= 15 is 0 Å². The van der Waals surface area contributed by atoms with Crippen molar-refractivity contribution in [1.29, 1.82) is 0 Å². The quantitative estimate of drug-likeness (QED) is 0.540. The van der Waals surface area contributed by atoms with Crippen LogP contribution in [0.2, 0.25) is 0 Å². The summed E-state index contributed by atoms with van der Waals surface area (Å²) in [5.74, 6) is 0.594. The molecule has 1 aromatic heterocycles. The van der Waals surface area contributed by atoms with Gasteiger partial charge in [0.25, 0.3) is 11.8 Å². The molecule has 0 aliphatic carbocycles. The summed E-state index contributed by atoms with van der Waals surface area (Å²) in [5, 5.41) is 7.46. The fourth-order valence-electron chi connectivity index (χ4n) is 2.47. The van der Waals surface area contributed by atoms with Crippen LogP contribution in [0, 0.1) is 0 Å². The van der Waals surface area contributed by atoms with Crippen LogP contribution in [0.5, 0.6) is 11.5 Å². The molecule has 0 saturated heterocycles. The van der Waals surface area contributed by atoms with E-state index in [0.29, 0.717) is 37.8 Å². The maximum atomic E-state index is 12.5. The molecule has 6 nitrogen and oxygen atoms in total. The third kappa shape index (κ3) is 4.52. The van der Waals surface area contributed by atoms with Crippen LogP contribution in [-0.2, 0) is 0 Å². The molecule has 2 N–H and O–H groups in total. The summed E-state index contributed by atoms with van der Waals surface area (Å²) in [6, 6.07) is 13.7. The van der Waals surface area contributed by atoms with Gasteiger partial charge in [0.1, 0.15) is 11.5 Å². The lowest BCUT2D eigenvalue weighted by Crippen LogP contribution is -2.13. The molecule has 0 aliphatic rings. The van der Waals surface area contributed by atoms with E-state index in [1.165, 1.54) is 18.4 Å². The molecule has 144 valence electrons. The molecule has 0 spiro atoms. The van der Waals surface area contributed by atoms with Gasteiger partial charge in [-0.2, -0.15) is 0 Å². The molecule has 0 unspecified atom stereocenters. The number of amides is 2. The zero-order valence-corrected chi connectivity index (χ0v) is 17.5. The molecule has 0 radical (unpaired) electrons. The fraction of sp³-hybridized carbons (Fsp3) is 0.100. The number of nitrogens with one attached hydrogen (secondary N) is 2. The number of carbonyl (C=O) groups is 2. The molecule has 3 rings (SSSR count). The molecule has 0 atom stereocenters. The summed E-state index contributed by atoms with van der Waals surface area (Å²) < 4.78 is 11.2. The van der Waals surface area contributed by atoms with Crippen molar-refractivity contribution in [3.8, 4) is 11.5 Å². The Morgan fingerprint density at radius 2 is 1.71 bits per heavy atom. The third-order valence-electron chi connectivity index (χ3n) is 3.87. The molecule has 2 amide bonds. The molecule has 2 aromatic carbocycles. The van der Waals surface area contributed by atoms with Gasteiger partial charge in [0.05, 0.1) is 29.3 Å². The lowest BCUT2D eigenvalue weighted by atomic mass is 10.2. The van der Waals surface area contributed by atoms with Crippen molar-refractivity contribution in [3.63, 3.8) is 0 Å². The number of ether oxygens (including phenoxy) is 2. The van der Waals surface area contributed by atoms with Gasteiger partial charge in [-0.15, -0.1) is 11.3 Å². The molecule has 0 saturated carbocycles. The minimum atomic E-state index is -0.277. The molecule has 8 heteroatoms. The summed E-state index contributed by atoms with van der Waals surface area (Å²) in [6.45, 7) is 0. The van der Waals surface area contributed by atoms with Crippen LogP contribution in [0.1, 0.15) is 20.0 Å². The van der Waals surface area contributed by atoms with Crippen LogP contribution in [0.25, 0.3) is 0 Å². The highest BCUT2D eigenvalue weighted by Gasteiger charge is 2.13. The van der Waals surface area contributed by atoms with Crippen LogP contribution >= 0.6 is 27.3 Å². The first-order chi connectivity index (χ1) is 13.5. The van der Waals surface area contributed by atoms with Crippen molar-refractivity contribution in [1.82, 2.24) is 0 Å². The predicted molar refractivity (Wildman–Crippen MR) is 114 cm³/mol. The van der Waals surface area contributed by atoms with Gasteiger partial charge in [-0.3, -0.25) is 9.59 Å². The second-order valence-corrected chi connectivity index (χ2v) is 7.45. The SMILES string of the molecule is COc1ccc(C(=O)Nc2ccc(NC(=O)c3cccs3)c(OC)c2)cc1Br. The highest BCUT2D eigenvalue weighted by molar-refractivity contribution is 9.10. The highest BCUT2D eigenvalue weighted by atomic mass is 79.9. The van der Waals surface area contributed by atoms with Gasteiger partial charge in [-0.05, 0) is 57.7 Å². The molecule has 0 fully saturated rings. The Balaban J connectivity index is 1.75. The minimum absolute atomic E-state index is 0.215. The number of hydrogen-bond acceptors (Lipinski definition) is 5. The Labute approximate surface area is 174 Å². The number of halogens is 1. The standard InChI is InChI=1S/C20H17BrN2O4S/c1-26-16-8-5-12(10-14(16)21)19(24)22-13-6-7-15(17(11-13)27-2)23-20(25)18-4-3-9-28-18/h3-11H,1-2H3,(H,22,24)(H,23,25). The van der Waals surface area contributed by atoms with E-state index in [-0.39, 0.29) is 11.8 Å². The molecule has 1 heterocycles. The smallest absolute Gasteiger partial charge is 0.265 e. The molecule has 0 aliphatic heterocycles. The van der Waals surface area contributed by atoms with E-state index < -0.39 is 0 Å². The maximum absolute atomic E-state index is 12.5. The summed E-state index contributed by atoms with van der Waals surface area (Å²) in [5.41, 5.74) is 1.54. The topological polar surface area (TPSA) is 76.7 Å². The van der Waals surface area contributed by atoms with Gasteiger partial charge in [0.2, 0.25) is 0 Å². The van der Waals surface area contributed by atoms with Gasteiger partial charge >= 0.3 is 0 Å². The first-order valence-corrected chi connectivity index (χ1v) is 9.87. The Kier molecular flexibility index (Phi) is 6.33. The first kappa shape index (κ1) is 19.9. The van der Waals surface area contributed by atoms with E-state index in [1.54, 1.807) is 49.6 Å². The minimum Gasteiger partial charge on any atom is -0.496 e. The average molecular weight is 461 g/mol. The fourth-order valence-corrected chi connectivity index (χ4v) is 3.63. The second-order valence-electron chi connectivity index (χ2n) is 5.65. The van der Waals surface area contributed by atoms with Crippen LogP contribution in [0.4, 0.5) is 11.4 Å². The number of anilines is 2. The zero-order chi connectivity index (χ0) is 20.1. The average Bonchev–Trinajstić information content (AvgIpc) is 3.24. The Morgan fingerprint density at radius 3 is 2.36 bits per heavy atom. The highest BCUT2D eigenvalue weighted by Crippen LogP contribution is 2.30. The lowest BCUT2D eigenvalue weighted by Gasteiger charge is -2.13. The Hall–Kier alpha value is -2.84. The summed E-state index contributed by atoms with van der Waals surface area (Å²) in [6.07, 6.45) is 0. The van der Waals surface area contributed by atoms with Crippen LogP contribution < -0.4 is 20.1 Å². The van der Waals surface area contributed by atoms with E-state index in [9.17, 15) is 9.59 Å². The van der Waals surface area contributed by atoms with Crippen molar-refractivity contribution >= 4 is 50.5 Å². The van der Waals surface area contributed by atoms with E-state index in [0.717, 1.165) is 0 Å². The summed E-state index contributed by atoms with van der Waals surface area (Å²) >= 11 is 4.72. The number of carbonyl (C=O) groups excluding carboxylic acids is 2. The summed E-state index contributed by atoms with van der Waals surface area (Å²) in [7, 11) is 3.06. The van der Waals surface area contributed by atoms with Crippen molar-refractivity contribution < 1.29 is 19.1 Å². The van der Waals surface area contributed by atoms with Crippen LogP contribution in [-0.4, -0.2) is 26.0 Å². The van der Waals surface area contributed by atoms with Gasteiger partial charge in [0.15, 0.2) is 0 Å². The van der Waals surface area contributed by atoms with Gasteiger partial charge in [0, 0.05) is 17.3 Å². The number of hydrogen-bond donors (Lipinski definition) is 2. The Bertz CT molecular complexity index is 1010. The van der Waals surface area contributed by atoms with Crippen LogP contribution in [0.3, 0.4) is 0 Å². The zero-order valence-electron chi connectivity index (χ0n) is 15.1. The van der Waals surface area contributed by atoms with Gasteiger partial charge < -0.3 is 20.1 Å². The monoisotopic (exact) mass is 460 g/mol. The van der Waals surface area contributed by atoms with E-state index in [1.807, 2.05) is 11.4 Å². The number of benzene rings is 2. The first-order valence-electron chi connectivity index (χ1n) is 8.19. The van der Waals surface area contributed by atoms with Crippen molar-refractivity contribution in [3.05, 3.63) is 68.8 Å². The molecule has 3 aromatic rings. The third-order valence-corrected chi connectivity index (χ3v) is 5.35. The maximum Gasteiger partial charge on any atom is 0.265 e. The van der Waals surface area contributed by atoms with Gasteiger partial charge in [-0.25, -0.2) is 0 Å². The largest absolute Gasteiger partial charge is 0.496 e. The second kappa shape index (κ2) is 8.90. The van der Waals surface area contributed by atoms with E-state index in [4.69, 9.17) is 9.47 Å². The lowest BCUT2D eigenvalue weighted by molar-refractivity contribution is 0.101. The van der Waals surface area contributed by atoms with E-state index in [2.05, 4.69) is 26.6 Å². The number of methoxy groups -OCH3 is 2. The van der Waals surface area contributed by atoms with Crippen molar-refractivity contribution in [2.75, 3.05) is 24.9 Å². The van der Waals surface area contributed by atoms with Crippen LogP contribution in [0.15, 0.2) is 58.4 Å². The molecular formula is C20H17BrN2O4S. The summed E-state index contributed by atoms with van der Waals surface area (Å²) in [4.78, 5) is 25.3. The number of thiophene rings is 1. The molecule has 28 heavy (non-hydrogen) atoms. The predicted octanol–water partition coefficient (Wildman–Crippen LogP) is 5.03. The number of rotatable bonds is 6. The van der Waals surface area contributed by atoms with Gasteiger partial charge in [-0.1, -0.05) is 6.07 Å². The Morgan fingerprint density at radius 1 is 0.929 bits per heavy atom. The molecule has 0 bridgehead atoms. The normalized spacial score (nSPS) is 10.2. The van der Waals surface area contributed by atoms with Crippen molar-refractivity contribution in [2.24, 2.45) is 0 Å². The molecular weight excluding hydrogens is 444 g/mol. The van der Waals surface area contributed by atoms with Crippen molar-refractivity contribution in [2.45, 2.75) is 0 Å².